The largest absolute Gasteiger partial charge is 0.497 e. The number of benzene rings is 1. The molecule has 0 bridgehead atoms. The van der Waals surface area contributed by atoms with Gasteiger partial charge in [-0.1, -0.05) is 24.1 Å². The Morgan fingerprint density at radius 3 is 2.41 bits per heavy atom. The molecule has 0 aromatic heterocycles. The Morgan fingerprint density at radius 1 is 1.15 bits per heavy atom. The highest BCUT2D eigenvalue weighted by Crippen LogP contribution is 2.22. The van der Waals surface area contributed by atoms with Crippen molar-refractivity contribution in [1.82, 2.24) is 0 Å². The molecule has 1 atom stereocenters. The molecule has 1 N–H and O–H groups in total. The van der Waals surface area contributed by atoms with Crippen LogP contribution >= 0.6 is 0 Å². The van der Waals surface area contributed by atoms with E-state index in [0.717, 1.165) is 48.1 Å². The van der Waals surface area contributed by atoms with Gasteiger partial charge in [-0.2, -0.15) is 0 Å². The summed E-state index contributed by atoms with van der Waals surface area (Å²) in [5, 5.41) is 10.3. The Labute approximate surface area is 162 Å². The summed E-state index contributed by atoms with van der Waals surface area (Å²) in [7, 11) is 1.64. The lowest BCUT2D eigenvalue weighted by Gasteiger charge is -2.23. The summed E-state index contributed by atoms with van der Waals surface area (Å²) in [5.41, 5.74) is 3.02. The molecule has 1 aliphatic carbocycles. The summed E-state index contributed by atoms with van der Waals surface area (Å²) in [6.45, 7) is 4.77. The number of allylic oxidation sites excluding steroid dienone is 1. The second-order valence-corrected chi connectivity index (χ2v) is 7.36. The van der Waals surface area contributed by atoms with E-state index in [1.165, 1.54) is 6.42 Å². The van der Waals surface area contributed by atoms with Crippen molar-refractivity contribution in [1.29, 1.82) is 0 Å². The van der Waals surface area contributed by atoms with Crippen molar-refractivity contribution in [2.24, 2.45) is 0 Å². The van der Waals surface area contributed by atoms with Crippen LogP contribution in [0.3, 0.4) is 0 Å². The number of methoxy groups -OCH3 is 1. The average molecular weight is 376 g/mol. The van der Waals surface area contributed by atoms with Crippen molar-refractivity contribution < 1.29 is 24.1 Å². The van der Waals surface area contributed by atoms with E-state index < -0.39 is 12.1 Å². The van der Waals surface area contributed by atoms with Gasteiger partial charge in [-0.25, -0.2) is 4.79 Å². The molecular weight excluding hydrogens is 344 g/mol. The smallest absolute Gasteiger partial charge is 0.335 e. The van der Waals surface area contributed by atoms with Crippen molar-refractivity contribution in [2.45, 2.75) is 71.2 Å². The SMILES string of the molecule is COc1ccc(COCC(CC(O)C(=O)OC2CCCCC2)=C(C)C)cc1. The van der Waals surface area contributed by atoms with Crippen molar-refractivity contribution >= 4 is 5.97 Å². The first kappa shape index (κ1) is 21.5. The second-order valence-electron chi connectivity index (χ2n) is 7.36. The summed E-state index contributed by atoms with van der Waals surface area (Å²) in [6.07, 6.45) is 4.25. The van der Waals surface area contributed by atoms with Gasteiger partial charge in [0.15, 0.2) is 6.10 Å². The first-order valence-corrected chi connectivity index (χ1v) is 9.74. The summed E-state index contributed by atoms with van der Waals surface area (Å²) in [6, 6.07) is 7.70. The molecule has 150 valence electrons. The Bertz CT molecular complexity index is 610. The van der Waals surface area contributed by atoms with E-state index in [4.69, 9.17) is 14.2 Å². The molecule has 27 heavy (non-hydrogen) atoms. The maximum absolute atomic E-state index is 12.2. The Balaban J connectivity index is 1.79. The Hall–Kier alpha value is -1.85. The Kier molecular flexibility index (Phi) is 8.82. The summed E-state index contributed by atoms with van der Waals surface area (Å²) in [5.74, 6) is 0.291. The van der Waals surface area contributed by atoms with Crippen LogP contribution in [0.4, 0.5) is 0 Å². The molecule has 2 rings (SSSR count). The molecule has 0 aliphatic heterocycles. The molecule has 5 nitrogen and oxygen atoms in total. The van der Waals surface area contributed by atoms with Gasteiger partial charge in [0.05, 0.1) is 20.3 Å². The standard InChI is InChI=1S/C22H32O5/c1-16(2)18(15-26-14-17-9-11-19(25-3)12-10-17)13-21(23)22(24)27-20-7-5-4-6-8-20/h9-12,20-21,23H,4-8,13-15H2,1-3H3. The van der Waals surface area contributed by atoms with E-state index in [0.29, 0.717) is 13.2 Å². The maximum atomic E-state index is 12.2. The number of ether oxygens (including phenoxy) is 3. The molecular formula is C22H32O5. The summed E-state index contributed by atoms with van der Waals surface area (Å²) >= 11 is 0. The van der Waals surface area contributed by atoms with Gasteiger partial charge >= 0.3 is 5.97 Å². The van der Waals surface area contributed by atoms with Crippen molar-refractivity contribution in [2.75, 3.05) is 13.7 Å². The fraction of sp³-hybridized carbons (Fsp3) is 0.591. The van der Waals surface area contributed by atoms with E-state index in [2.05, 4.69) is 0 Å². The van der Waals surface area contributed by atoms with Crippen molar-refractivity contribution in [3.8, 4) is 5.75 Å². The number of rotatable bonds is 9. The predicted molar refractivity (Wildman–Crippen MR) is 105 cm³/mol. The van der Waals surface area contributed by atoms with Gasteiger partial charge in [-0.05, 0) is 62.8 Å². The normalized spacial score (nSPS) is 15.9. The van der Waals surface area contributed by atoms with Gasteiger partial charge in [0.2, 0.25) is 0 Å². The van der Waals surface area contributed by atoms with Crippen LogP contribution in [-0.4, -0.2) is 37.0 Å². The number of carbonyl (C=O) groups excluding carboxylic acids is 1. The van der Waals surface area contributed by atoms with Crippen LogP contribution in [0.2, 0.25) is 0 Å². The van der Waals surface area contributed by atoms with Crippen molar-refractivity contribution in [3.05, 3.63) is 41.0 Å². The summed E-state index contributed by atoms with van der Waals surface area (Å²) in [4.78, 5) is 12.2. The molecule has 0 spiro atoms. The highest BCUT2D eigenvalue weighted by molar-refractivity contribution is 5.75. The highest BCUT2D eigenvalue weighted by Gasteiger charge is 2.24. The molecule has 0 radical (unpaired) electrons. The third-order valence-electron chi connectivity index (χ3n) is 4.96. The first-order chi connectivity index (χ1) is 13.0. The van der Waals surface area contributed by atoms with Gasteiger partial charge in [-0.3, -0.25) is 0 Å². The molecule has 1 fully saturated rings. The maximum Gasteiger partial charge on any atom is 0.335 e. The zero-order chi connectivity index (χ0) is 19.6. The average Bonchev–Trinajstić information content (AvgIpc) is 2.68. The van der Waals surface area contributed by atoms with Crippen LogP contribution in [0.5, 0.6) is 5.75 Å². The van der Waals surface area contributed by atoms with E-state index in [9.17, 15) is 9.90 Å². The molecule has 1 aliphatic rings. The fourth-order valence-corrected chi connectivity index (χ4v) is 3.16. The minimum absolute atomic E-state index is 0.0395. The lowest BCUT2D eigenvalue weighted by molar-refractivity contribution is -0.160. The number of aliphatic hydroxyl groups is 1. The zero-order valence-corrected chi connectivity index (χ0v) is 16.7. The lowest BCUT2D eigenvalue weighted by Crippen LogP contribution is -2.30. The molecule has 1 saturated carbocycles. The number of aliphatic hydroxyl groups excluding tert-OH is 1. The minimum atomic E-state index is -1.14. The van der Waals surface area contributed by atoms with E-state index in [-0.39, 0.29) is 12.5 Å². The van der Waals surface area contributed by atoms with Gasteiger partial charge in [0.1, 0.15) is 11.9 Å². The number of hydrogen-bond acceptors (Lipinski definition) is 5. The number of esters is 1. The van der Waals surface area contributed by atoms with Gasteiger partial charge in [0.25, 0.3) is 0 Å². The van der Waals surface area contributed by atoms with Crippen LogP contribution in [0.25, 0.3) is 0 Å². The van der Waals surface area contributed by atoms with Crippen molar-refractivity contribution in [3.63, 3.8) is 0 Å². The van der Waals surface area contributed by atoms with E-state index >= 15 is 0 Å². The predicted octanol–water partition coefficient (Wildman–Crippen LogP) is 4.18. The molecule has 1 unspecified atom stereocenters. The minimum Gasteiger partial charge on any atom is -0.497 e. The number of hydrogen-bond donors (Lipinski definition) is 1. The highest BCUT2D eigenvalue weighted by atomic mass is 16.6. The Morgan fingerprint density at radius 2 is 1.81 bits per heavy atom. The molecule has 1 aromatic rings. The van der Waals surface area contributed by atoms with Crippen LogP contribution in [0.15, 0.2) is 35.4 Å². The quantitative estimate of drug-likeness (QED) is 0.517. The van der Waals surface area contributed by atoms with Gasteiger partial charge < -0.3 is 19.3 Å². The van der Waals surface area contributed by atoms with Crippen LogP contribution in [0, 0.1) is 0 Å². The zero-order valence-electron chi connectivity index (χ0n) is 16.7. The molecule has 0 saturated heterocycles. The lowest BCUT2D eigenvalue weighted by atomic mass is 9.97. The van der Waals surface area contributed by atoms with Crippen LogP contribution in [-0.2, 0) is 20.9 Å². The number of carbonyl (C=O) groups is 1. The van der Waals surface area contributed by atoms with Crippen LogP contribution < -0.4 is 4.74 Å². The van der Waals surface area contributed by atoms with E-state index in [1.54, 1.807) is 7.11 Å². The monoisotopic (exact) mass is 376 g/mol. The summed E-state index contributed by atoms with van der Waals surface area (Å²) < 4.78 is 16.4. The molecule has 1 aromatic carbocycles. The second kappa shape index (κ2) is 11.1. The first-order valence-electron chi connectivity index (χ1n) is 9.74. The molecule has 0 heterocycles. The molecule has 5 heteroatoms. The van der Waals surface area contributed by atoms with E-state index in [1.807, 2.05) is 38.1 Å². The third kappa shape index (κ3) is 7.35. The molecule has 0 amide bonds. The van der Waals surface area contributed by atoms with Gasteiger partial charge in [-0.15, -0.1) is 0 Å². The fourth-order valence-electron chi connectivity index (χ4n) is 3.16. The topological polar surface area (TPSA) is 65.0 Å². The third-order valence-corrected chi connectivity index (χ3v) is 4.96. The van der Waals surface area contributed by atoms with Crippen LogP contribution in [0.1, 0.15) is 57.9 Å². The van der Waals surface area contributed by atoms with Gasteiger partial charge in [0, 0.05) is 6.42 Å².